The van der Waals surface area contributed by atoms with Gasteiger partial charge in [-0.05, 0) is 61.6 Å². The summed E-state index contributed by atoms with van der Waals surface area (Å²) in [6, 6.07) is 9.68. The number of hydrogen-bond acceptors (Lipinski definition) is 7. The molecule has 0 saturated carbocycles. The SMILES string of the molecule is COC(=O)CC(c1cc(OC)c2c(c1)OCO2)c1c(Cc2ccc3c(c2)CCC(C)(C)O3)[nH][nH]c1=O. The monoisotopic (exact) mass is 494 g/mol. The summed E-state index contributed by atoms with van der Waals surface area (Å²) in [6.45, 7) is 4.26. The maximum Gasteiger partial charge on any atom is 0.306 e. The van der Waals surface area contributed by atoms with Crippen molar-refractivity contribution in [2.45, 2.75) is 51.0 Å². The lowest BCUT2D eigenvalue weighted by Gasteiger charge is -2.32. The van der Waals surface area contributed by atoms with Gasteiger partial charge in [-0.15, -0.1) is 0 Å². The van der Waals surface area contributed by atoms with Gasteiger partial charge in [-0.3, -0.25) is 14.7 Å². The van der Waals surface area contributed by atoms with Crippen LogP contribution in [0.5, 0.6) is 23.0 Å². The fourth-order valence-corrected chi connectivity index (χ4v) is 4.93. The van der Waals surface area contributed by atoms with Crippen LogP contribution in [0.1, 0.15) is 60.6 Å². The summed E-state index contributed by atoms with van der Waals surface area (Å²) in [7, 11) is 2.87. The smallest absolute Gasteiger partial charge is 0.306 e. The minimum absolute atomic E-state index is 0.0274. The normalized spacial score (nSPS) is 16.1. The number of rotatable bonds is 7. The molecule has 2 aliphatic rings. The van der Waals surface area contributed by atoms with Gasteiger partial charge < -0.3 is 28.8 Å². The second kappa shape index (κ2) is 9.29. The Morgan fingerprint density at radius 2 is 1.94 bits per heavy atom. The molecule has 0 radical (unpaired) electrons. The molecular formula is C27H30N2O7. The molecule has 0 bridgehead atoms. The molecule has 1 aromatic heterocycles. The van der Waals surface area contributed by atoms with Crippen LogP contribution in [0.4, 0.5) is 0 Å². The van der Waals surface area contributed by atoms with Crippen molar-refractivity contribution >= 4 is 5.97 Å². The third kappa shape index (κ3) is 4.53. The number of carbonyl (C=O) groups excluding carboxylic acids is 1. The van der Waals surface area contributed by atoms with Crippen molar-refractivity contribution in [3.63, 3.8) is 0 Å². The molecule has 0 fully saturated rings. The molecule has 5 rings (SSSR count). The van der Waals surface area contributed by atoms with Crippen molar-refractivity contribution in [1.82, 2.24) is 10.2 Å². The number of benzene rings is 2. The lowest BCUT2D eigenvalue weighted by molar-refractivity contribution is -0.140. The van der Waals surface area contributed by atoms with Crippen LogP contribution in [0.3, 0.4) is 0 Å². The highest BCUT2D eigenvalue weighted by atomic mass is 16.7. The van der Waals surface area contributed by atoms with E-state index in [4.69, 9.17) is 23.7 Å². The molecule has 9 heteroatoms. The third-order valence-electron chi connectivity index (χ3n) is 6.82. The number of methoxy groups -OCH3 is 2. The standard InChI is InChI=1S/C27H30N2O7/c1-27(2)8-7-16-9-15(5-6-20(16)36-27)10-19-24(26(31)29-28-19)18(13-23(30)33-4)17-11-21(32-3)25-22(12-17)34-14-35-25/h5-6,9,11-12,18H,7-8,10,13-14H2,1-4H3,(H2,28,29,31). The zero-order chi connectivity index (χ0) is 25.4. The van der Waals surface area contributed by atoms with Gasteiger partial charge in [0.2, 0.25) is 12.5 Å². The van der Waals surface area contributed by atoms with Crippen LogP contribution in [0.25, 0.3) is 0 Å². The van der Waals surface area contributed by atoms with Gasteiger partial charge in [-0.1, -0.05) is 12.1 Å². The van der Waals surface area contributed by atoms with Gasteiger partial charge in [-0.25, -0.2) is 0 Å². The minimum Gasteiger partial charge on any atom is -0.493 e. The van der Waals surface area contributed by atoms with E-state index in [1.807, 2.05) is 12.1 Å². The third-order valence-corrected chi connectivity index (χ3v) is 6.82. The molecule has 1 unspecified atom stereocenters. The van der Waals surface area contributed by atoms with E-state index >= 15 is 0 Å². The van der Waals surface area contributed by atoms with E-state index in [9.17, 15) is 9.59 Å². The predicted octanol–water partition coefficient (Wildman–Crippen LogP) is 3.83. The first kappa shape index (κ1) is 23.8. The molecule has 9 nitrogen and oxygen atoms in total. The Balaban J connectivity index is 1.53. The Morgan fingerprint density at radius 3 is 2.72 bits per heavy atom. The first-order valence-corrected chi connectivity index (χ1v) is 11.9. The maximum atomic E-state index is 13.1. The minimum atomic E-state index is -0.590. The summed E-state index contributed by atoms with van der Waals surface area (Å²) in [5.41, 5.74) is 3.57. The average molecular weight is 495 g/mol. The fraction of sp³-hybridized carbons (Fsp3) is 0.407. The van der Waals surface area contributed by atoms with Crippen molar-refractivity contribution in [1.29, 1.82) is 0 Å². The molecule has 0 amide bonds. The number of fused-ring (bicyclic) bond motifs is 2. The van der Waals surface area contributed by atoms with E-state index in [2.05, 4.69) is 30.1 Å². The van der Waals surface area contributed by atoms with Crippen molar-refractivity contribution < 1.29 is 28.5 Å². The topological polar surface area (TPSA) is 112 Å². The second-order valence-electron chi connectivity index (χ2n) is 9.74. The van der Waals surface area contributed by atoms with Crippen LogP contribution >= 0.6 is 0 Å². The zero-order valence-corrected chi connectivity index (χ0v) is 20.9. The summed E-state index contributed by atoms with van der Waals surface area (Å²) in [5, 5.41) is 5.74. The van der Waals surface area contributed by atoms with E-state index in [1.165, 1.54) is 14.2 Å². The van der Waals surface area contributed by atoms with Crippen molar-refractivity contribution in [2.24, 2.45) is 0 Å². The van der Waals surface area contributed by atoms with Crippen LogP contribution in [0.2, 0.25) is 0 Å². The molecule has 0 saturated heterocycles. The number of H-pyrrole nitrogens is 2. The number of aryl methyl sites for hydroxylation is 1. The summed E-state index contributed by atoms with van der Waals surface area (Å²) >= 11 is 0. The van der Waals surface area contributed by atoms with Gasteiger partial charge in [0.05, 0.1) is 20.6 Å². The van der Waals surface area contributed by atoms with Crippen LogP contribution in [0, 0.1) is 0 Å². The Morgan fingerprint density at radius 1 is 1.11 bits per heavy atom. The van der Waals surface area contributed by atoms with Gasteiger partial charge in [0.15, 0.2) is 11.5 Å². The van der Waals surface area contributed by atoms with Crippen LogP contribution < -0.4 is 24.5 Å². The molecule has 190 valence electrons. The lowest BCUT2D eigenvalue weighted by Crippen LogP contribution is -2.32. The highest BCUT2D eigenvalue weighted by Crippen LogP contribution is 2.45. The maximum absolute atomic E-state index is 13.1. The first-order valence-electron chi connectivity index (χ1n) is 11.9. The van der Waals surface area contributed by atoms with Gasteiger partial charge in [-0.2, -0.15) is 0 Å². The highest BCUT2D eigenvalue weighted by Gasteiger charge is 2.30. The van der Waals surface area contributed by atoms with E-state index < -0.39 is 11.9 Å². The van der Waals surface area contributed by atoms with Crippen LogP contribution in [0.15, 0.2) is 35.1 Å². The van der Waals surface area contributed by atoms with E-state index in [0.717, 1.165) is 29.7 Å². The Bertz CT molecular complexity index is 1350. The number of carbonyl (C=O) groups is 1. The summed E-state index contributed by atoms with van der Waals surface area (Å²) in [5.74, 6) is 1.35. The number of esters is 1. The zero-order valence-electron chi connectivity index (χ0n) is 20.9. The molecule has 2 aromatic carbocycles. The molecular weight excluding hydrogens is 464 g/mol. The van der Waals surface area contributed by atoms with Crippen molar-refractivity contribution in [3.8, 4) is 23.0 Å². The molecule has 0 spiro atoms. The molecule has 3 aromatic rings. The summed E-state index contributed by atoms with van der Waals surface area (Å²) in [6.07, 6.45) is 2.31. The number of aromatic amines is 2. The highest BCUT2D eigenvalue weighted by molar-refractivity contribution is 5.72. The van der Waals surface area contributed by atoms with Crippen molar-refractivity contribution in [3.05, 3.63) is 68.6 Å². The molecule has 0 aliphatic carbocycles. The van der Waals surface area contributed by atoms with Gasteiger partial charge in [0.1, 0.15) is 11.4 Å². The second-order valence-corrected chi connectivity index (χ2v) is 9.74. The van der Waals surface area contributed by atoms with Gasteiger partial charge >= 0.3 is 5.97 Å². The van der Waals surface area contributed by atoms with Crippen molar-refractivity contribution in [2.75, 3.05) is 21.0 Å². The Labute approximate surface area is 208 Å². The van der Waals surface area contributed by atoms with Crippen LogP contribution in [-0.4, -0.2) is 42.8 Å². The first-order chi connectivity index (χ1) is 17.3. The fourth-order valence-electron chi connectivity index (χ4n) is 4.93. The Hall–Kier alpha value is -3.88. The van der Waals surface area contributed by atoms with E-state index in [1.54, 1.807) is 12.1 Å². The number of nitrogens with one attached hydrogen (secondary N) is 2. The summed E-state index contributed by atoms with van der Waals surface area (Å²) < 4.78 is 27.7. The Kier molecular flexibility index (Phi) is 6.15. The van der Waals surface area contributed by atoms with Gasteiger partial charge in [0.25, 0.3) is 5.56 Å². The molecule has 2 N–H and O–H groups in total. The molecule has 36 heavy (non-hydrogen) atoms. The average Bonchev–Trinajstić information content (AvgIpc) is 3.48. The van der Waals surface area contributed by atoms with E-state index in [-0.39, 0.29) is 24.4 Å². The number of aromatic nitrogens is 2. The van der Waals surface area contributed by atoms with Gasteiger partial charge in [0, 0.05) is 23.6 Å². The quantitative estimate of drug-likeness (QED) is 0.480. The molecule has 2 aliphatic heterocycles. The largest absolute Gasteiger partial charge is 0.493 e. The summed E-state index contributed by atoms with van der Waals surface area (Å²) in [4.78, 5) is 25.5. The predicted molar refractivity (Wildman–Crippen MR) is 131 cm³/mol. The molecule has 1 atom stereocenters. The van der Waals surface area contributed by atoms with E-state index in [0.29, 0.717) is 40.5 Å². The number of hydrogen-bond donors (Lipinski definition) is 2. The molecule has 3 heterocycles. The lowest BCUT2D eigenvalue weighted by atomic mass is 9.86. The number of ether oxygens (including phenoxy) is 5. The van der Waals surface area contributed by atoms with Crippen LogP contribution in [-0.2, 0) is 22.4 Å².